The Hall–Kier alpha value is -2.58. The van der Waals surface area contributed by atoms with Crippen molar-refractivity contribution in [3.8, 4) is 0 Å². The van der Waals surface area contributed by atoms with Gasteiger partial charge in [0.25, 0.3) is 0 Å². The van der Waals surface area contributed by atoms with E-state index in [1.807, 2.05) is 0 Å². The normalized spacial score (nSPS) is 10.5. The molecule has 0 aliphatic heterocycles. The number of anilines is 2. The third-order valence-electron chi connectivity index (χ3n) is 3.25. The van der Waals surface area contributed by atoms with E-state index in [4.69, 9.17) is 4.74 Å². The Morgan fingerprint density at radius 1 is 1.24 bits per heavy atom. The van der Waals surface area contributed by atoms with Crippen LogP contribution in [0.15, 0.2) is 46.5 Å². The van der Waals surface area contributed by atoms with Gasteiger partial charge in [-0.3, -0.25) is 9.69 Å². The molecule has 0 radical (unpaired) electrons. The molecule has 0 saturated carbocycles. The molecule has 2 heterocycles. The number of hydrogen-bond acceptors (Lipinski definition) is 6. The minimum absolute atomic E-state index is 0.0196. The number of halogens is 1. The van der Waals surface area contributed by atoms with Gasteiger partial charge in [-0.15, -0.1) is 11.3 Å². The number of aromatic nitrogens is 1. The highest BCUT2D eigenvalue weighted by Crippen LogP contribution is 2.30. The standard InChI is InChI=1S/C17H13FN2O3S2/c1-11(21)20(15-5-3-2-4-14(15)18)17-19-13(10-25-17)8-23-16(22)12-6-7-24-9-12/h2-7,9-10H,8H2,1H3. The molecule has 1 amide bonds. The molecule has 0 atom stereocenters. The van der Waals surface area contributed by atoms with Crippen molar-refractivity contribution in [1.82, 2.24) is 4.98 Å². The van der Waals surface area contributed by atoms with E-state index in [0.29, 0.717) is 16.4 Å². The Kier molecular flexibility index (Phi) is 5.20. The van der Waals surface area contributed by atoms with Crippen molar-refractivity contribution in [2.75, 3.05) is 4.90 Å². The van der Waals surface area contributed by atoms with Crippen LogP contribution in [0.4, 0.5) is 15.2 Å². The largest absolute Gasteiger partial charge is 0.456 e. The van der Waals surface area contributed by atoms with Gasteiger partial charge in [-0.25, -0.2) is 14.2 Å². The third-order valence-corrected chi connectivity index (χ3v) is 4.81. The van der Waals surface area contributed by atoms with Crippen molar-refractivity contribution in [3.63, 3.8) is 0 Å². The molecular formula is C17H13FN2O3S2. The lowest BCUT2D eigenvalue weighted by atomic mass is 10.3. The maximum atomic E-state index is 14.0. The first-order chi connectivity index (χ1) is 12.1. The summed E-state index contributed by atoms with van der Waals surface area (Å²) >= 11 is 2.58. The van der Waals surface area contributed by atoms with Gasteiger partial charge in [-0.1, -0.05) is 12.1 Å². The summed E-state index contributed by atoms with van der Waals surface area (Å²) in [5.74, 6) is -1.31. The number of carbonyl (C=O) groups excluding carboxylic acids is 2. The maximum Gasteiger partial charge on any atom is 0.339 e. The van der Waals surface area contributed by atoms with Gasteiger partial charge in [-0.2, -0.15) is 11.3 Å². The Morgan fingerprint density at radius 3 is 2.72 bits per heavy atom. The number of thiophene rings is 1. The van der Waals surface area contributed by atoms with E-state index >= 15 is 0 Å². The topological polar surface area (TPSA) is 59.5 Å². The first kappa shape index (κ1) is 17.2. The van der Waals surface area contributed by atoms with E-state index in [0.717, 1.165) is 0 Å². The van der Waals surface area contributed by atoms with Gasteiger partial charge in [-0.05, 0) is 23.6 Å². The monoisotopic (exact) mass is 376 g/mol. The second kappa shape index (κ2) is 7.54. The van der Waals surface area contributed by atoms with Crippen molar-refractivity contribution < 1.29 is 18.7 Å². The summed E-state index contributed by atoms with van der Waals surface area (Å²) in [6.45, 7) is 1.32. The summed E-state index contributed by atoms with van der Waals surface area (Å²) in [6, 6.07) is 7.66. The van der Waals surface area contributed by atoms with Crippen molar-refractivity contribution in [2.24, 2.45) is 0 Å². The van der Waals surface area contributed by atoms with Crippen molar-refractivity contribution in [3.05, 3.63) is 63.5 Å². The number of hydrogen-bond donors (Lipinski definition) is 0. The summed E-state index contributed by atoms with van der Waals surface area (Å²) in [6.07, 6.45) is 0. The fourth-order valence-electron chi connectivity index (χ4n) is 2.11. The van der Waals surface area contributed by atoms with E-state index in [2.05, 4.69) is 4.98 Å². The summed E-state index contributed by atoms with van der Waals surface area (Å²) in [4.78, 5) is 29.3. The van der Waals surface area contributed by atoms with Gasteiger partial charge >= 0.3 is 5.97 Å². The van der Waals surface area contributed by atoms with Gasteiger partial charge < -0.3 is 4.74 Å². The first-order valence-electron chi connectivity index (χ1n) is 7.25. The van der Waals surface area contributed by atoms with E-state index in [1.54, 1.807) is 34.3 Å². The molecule has 128 valence electrons. The van der Waals surface area contributed by atoms with Crippen molar-refractivity contribution in [2.45, 2.75) is 13.5 Å². The zero-order chi connectivity index (χ0) is 17.8. The SMILES string of the molecule is CC(=O)N(c1nc(COC(=O)c2ccsc2)cs1)c1ccccc1F. The molecule has 0 N–H and O–H groups in total. The van der Waals surface area contributed by atoms with E-state index in [9.17, 15) is 14.0 Å². The van der Waals surface area contributed by atoms with Gasteiger partial charge in [0.1, 0.15) is 12.4 Å². The second-order valence-electron chi connectivity index (χ2n) is 5.02. The van der Waals surface area contributed by atoms with Crippen LogP contribution in [-0.2, 0) is 16.1 Å². The van der Waals surface area contributed by atoms with Crippen LogP contribution >= 0.6 is 22.7 Å². The molecule has 8 heteroatoms. The lowest BCUT2D eigenvalue weighted by Crippen LogP contribution is -2.23. The Labute approximate surface area is 151 Å². The Bertz CT molecular complexity index is 893. The van der Waals surface area contributed by atoms with Gasteiger partial charge in [0, 0.05) is 17.7 Å². The molecule has 3 aromatic rings. The Morgan fingerprint density at radius 2 is 2.04 bits per heavy atom. The van der Waals surface area contributed by atoms with Crippen LogP contribution in [0.1, 0.15) is 23.0 Å². The number of benzene rings is 1. The van der Waals surface area contributed by atoms with Crippen LogP contribution < -0.4 is 4.90 Å². The number of rotatable bonds is 5. The van der Waals surface area contributed by atoms with Crippen LogP contribution in [0.5, 0.6) is 0 Å². The predicted molar refractivity (Wildman–Crippen MR) is 94.8 cm³/mol. The summed E-state index contributed by atoms with van der Waals surface area (Å²) < 4.78 is 19.2. The lowest BCUT2D eigenvalue weighted by molar-refractivity contribution is -0.115. The number of esters is 1. The average molecular weight is 376 g/mol. The van der Waals surface area contributed by atoms with Crippen LogP contribution in [-0.4, -0.2) is 16.9 Å². The molecular weight excluding hydrogens is 363 g/mol. The fourth-order valence-corrected chi connectivity index (χ4v) is 3.60. The molecule has 3 rings (SSSR count). The summed E-state index contributed by atoms with van der Waals surface area (Å²) in [5, 5.41) is 5.48. The van der Waals surface area contributed by atoms with Crippen LogP contribution in [0.2, 0.25) is 0 Å². The number of ether oxygens (including phenoxy) is 1. The molecule has 0 fully saturated rings. The highest BCUT2D eigenvalue weighted by molar-refractivity contribution is 7.14. The molecule has 2 aromatic heterocycles. The molecule has 0 aliphatic carbocycles. The smallest absolute Gasteiger partial charge is 0.339 e. The van der Waals surface area contributed by atoms with Crippen molar-refractivity contribution >= 4 is 45.4 Å². The number of nitrogens with zero attached hydrogens (tertiary/aromatic N) is 2. The summed E-state index contributed by atoms with van der Waals surface area (Å²) in [7, 11) is 0. The van der Waals surface area contributed by atoms with E-state index < -0.39 is 11.8 Å². The van der Waals surface area contributed by atoms with E-state index in [-0.39, 0.29) is 18.2 Å². The molecule has 0 aliphatic rings. The van der Waals surface area contributed by atoms with E-state index in [1.165, 1.54) is 46.6 Å². The zero-order valence-electron chi connectivity index (χ0n) is 13.1. The molecule has 0 spiro atoms. The quantitative estimate of drug-likeness (QED) is 0.620. The number of para-hydroxylation sites is 1. The molecule has 5 nitrogen and oxygen atoms in total. The first-order valence-corrected chi connectivity index (χ1v) is 9.07. The number of thiazole rings is 1. The highest BCUT2D eigenvalue weighted by atomic mass is 32.1. The maximum absolute atomic E-state index is 14.0. The number of amides is 1. The second-order valence-corrected chi connectivity index (χ2v) is 6.63. The summed E-state index contributed by atoms with van der Waals surface area (Å²) in [5.41, 5.74) is 1.11. The molecule has 0 saturated heterocycles. The minimum atomic E-state index is -0.515. The van der Waals surface area contributed by atoms with Gasteiger partial charge in [0.15, 0.2) is 5.13 Å². The molecule has 1 aromatic carbocycles. The van der Waals surface area contributed by atoms with Crippen LogP contribution in [0.3, 0.4) is 0 Å². The Balaban J connectivity index is 1.76. The molecule has 25 heavy (non-hydrogen) atoms. The fraction of sp³-hybridized carbons (Fsp3) is 0.118. The van der Waals surface area contributed by atoms with Crippen LogP contribution in [0.25, 0.3) is 0 Å². The third kappa shape index (κ3) is 3.92. The van der Waals surface area contributed by atoms with Crippen LogP contribution in [0, 0.1) is 5.82 Å². The van der Waals surface area contributed by atoms with Gasteiger partial charge in [0.05, 0.1) is 16.9 Å². The minimum Gasteiger partial charge on any atom is -0.456 e. The highest BCUT2D eigenvalue weighted by Gasteiger charge is 2.21. The number of carbonyl (C=O) groups is 2. The zero-order valence-corrected chi connectivity index (χ0v) is 14.8. The molecule has 0 unspecified atom stereocenters. The van der Waals surface area contributed by atoms with Crippen molar-refractivity contribution in [1.29, 1.82) is 0 Å². The average Bonchev–Trinajstić information content (AvgIpc) is 3.26. The molecule has 0 bridgehead atoms. The van der Waals surface area contributed by atoms with Gasteiger partial charge in [0.2, 0.25) is 5.91 Å². The predicted octanol–water partition coefficient (Wildman–Crippen LogP) is 4.39. The lowest BCUT2D eigenvalue weighted by Gasteiger charge is -2.18.